The number of carboxylic acids is 1. The van der Waals surface area contributed by atoms with E-state index in [1.807, 2.05) is 0 Å². The number of benzene rings is 1. The molecule has 0 bridgehead atoms. The molecular formula is C13H13NO5S2. The van der Waals surface area contributed by atoms with Crippen LogP contribution in [0.3, 0.4) is 0 Å². The highest BCUT2D eigenvalue weighted by atomic mass is 32.2. The number of carboxylic acid groups (broad SMARTS) is 1. The molecular weight excluding hydrogens is 314 g/mol. The third-order valence-electron chi connectivity index (χ3n) is 2.75. The minimum absolute atomic E-state index is 0.0189. The average Bonchev–Trinajstić information content (AvgIpc) is 2.96. The second kappa shape index (κ2) is 6.35. The van der Waals surface area contributed by atoms with Gasteiger partial charge in [0.05, 0.1) is 6.61 Å². The molecule has 0 aliphatic carbocycles. The van der Waals surface area contributed by atoms with E-state index in [0.717, 1.165) is 11.3 Å². The molecule has 6 nitrogen and oxygen atoms in total. The van der Waals surface area contributed by atoms with Crippen LogP contribution in [0.25, 0.3) is 0 Å². The van der Waals surface area contributed by atoms with Crippen LogP contribution >= 0.6 is 11.3 Å². The average molecular weight is 327 g/mol. The second-order valence-corrected chi connectivity index (χ2v) is 6.87. The van der Waals surface area contributed by atoms with E-state index in [9.17, 15) is 13.2 Å². The van der Waals surface area contributed by atoms with Gasteiger partial charge >= 0.3 is 5.97 Å². The molecule has 0 amide bonds. The number of hydrogen-bond donors (Lipinski definition) is 3. The van der Waals surface area contributed by atoms with E-state index in [1.165, 1.54) is 11.4 Å². The minimum atomic E-state index is -3.89. The third-order valence-corrected chi connectivity index (χ3v) is 5.23. The van der Waals surface area contributed by atoms with E-state index in [2.05, 4.69) is 4.72 Å². The SMILES string of the molecule is O=C(O)c1sccc1S(=O)(=O)NCc1cccc(CO)c1. The summed E-state index contributed by atoms with van der Waals surface area (Å²) in [6.07, 6.45) is 0. The summed E-state index contributed by atoms with van der Waals surface area (Å²) in [6, 6.07) is 8.09. The van der Waals surface area contributed by atoms with Gasteiger partial charge in [-0.1, -0.05) is 24.3 Å². The van der Waals surface area contributed by atoms with Gasteiger partial charge in [-0.05, 0) is 22.6 Å². The van der Waals surface area contributed by atoms with Crippen molar-refractivity contribution in [1.82, 2.24) is 4.72 Å². The van der Waals surface area contributed by atoms with E-state index in [-0.39, 0.29) is 22.9 Å². The molecule has 0 saturated heterocycles. The summed E-state index contributed by atoms with van der Waals surface area (Å²) >= 11 is 0.860. The topological polar surface area (TPSA) is 104 Å². The molecule has 1 heterocycles. The normalized spacial score (nSPS) is 11.5. The van der Waals surface area contributed by atoms with Gasteiger partial charge in [-0.3, -0.25) is 0 Å². The fraction of sp³-hybridized carbons (Fsp3) is 0.154. The maximum absolute atomic E-state index is 12.1. The largest absolute Gasteiger partial charge is 0.477 e. The maximum Gasteiger partial charge on any atom is 0.347 e. The Morgan fingerprint density at radius 1 is 1.24 bits per heavy atom. The van der Waals surface area contributed by atoms with Crippen molar-refractivity contribution in [2.24, 2.45) is 0 Å². The number of rotatable bonds is 6. The van der Waals surface area contributed by atoms with Gasteiger partial charge in [0.25, 0.3) is 0 Å². The predicted molar refractivity (Wildman–Crippen MR) is 77.7 cm³/mol. The highest BCUT2D eigenvalue weighted by Gasteiger charge is 2.23. The Bertz CT molecular complexity index is 751. The molecule has 0 spiro atoms. The van der Waals surface area contributed by atoms with Gasteiger partial charge < -0.3 is 10.2 Å². The summed E-state index contributed by atoms with van der Waals surface area (Å²) in [6.45, 7) is -0.112. The fourth-order valence-corrected chi connectivity index (χ4v) is 4.03. The van der Waals surface area contributed by atoms with Crippen molar-refractivity contribution in [2.45, 2.75) is 18.0 Å². The number of aromatic carboxylic acids is 1. The molecule has 2 aromatic rings. The summed E-state index contributed by atoms with van der Waals surface area (Å²) in [5.74, 6) is -1.27. The molecule has 112 valence electrons. The van der Waals surface area contributed by atoms with Crippen molar-refractivity contribution in [3.63, 3.8) is 0 Å². The summed E-state index contributed by atoms with van der Waals surface area (Å²) in [7, 11) is -3.89. The van der Waals surface area contributed by atoms with Crippen LogP contribution in [0.5, 0.6) is 0 Å². The first-order valence-electron chi connectivity index (χ1n) is 5.93. The number of carbonyl (C=O) groups is 1. The smallest absolute Gasteiger partial charge is 0.347 e. The second-order valence-electron chi connectivity index (χ2n) is 4.22. The maximum atomic E-state index is 12.1. The minimum Gasteiger partial charge on any atom is -0.477 e. The van der Waals surface area contributed by atoms with Crippen LogP contribution in [0, 0.1) is 0 Å². The van der Waals surface area contributed by atoms with Gasteiger partial charge in [0, 0.05) is 6.54 Å². The van der Waals surface area contributed by atoms with Crippen LogP contribution < -0.4 is 4.72 Å². The number of aliphatic hydroxyl groups is 1. The molecule has 0 fully saturated rings. The molecule has 1 aromatic heterocycles. The van der Waals surface area contributed by atoms with E-state index in [1.54, 1.807) is 24.3 Å². The summed E-state index contributed by atoms with van der Waals surface area (Å²) in [5, 5.41) is 19.4. The molecule has 3 N–H and O–H groups in total. The standard InChI is InChI=1S/C13H13NO5S2/c15-8-10-3-1-2-9(6-10)7-14-21(18,19)11-4-5-20-12(11)13(16)17/h1-6,14-15H,7-8H2,(H,16,17). The Hall–Kier alpha value is -1.74. The zero-order valence-corrected chi connectivity index (χ0v) is 12.4. The van der Waals surface area contributed by atoms with E-state index in [4.69, 9.17) is 10.2 Å². The molecule has 0 aliphatic rings. The molecule has 8 heteroatoms. The fourth-order valence-electron chi connectivity index (χ4n) is 1.76. The molecule has 2 rings (SSSR count). The van der Waals surface area contributed by atoms with Gasteiger partial charge in [0.15, 0.2) is 0 Å². The van der Waals surface area contributed by atoms with Gasteiger partial charge in [-0.15, -0.1) is 11.3 Å². The molecule has 21 heavy (non-hydrogen) atoms. The first kappa shape index (κ1) is 15.6. The highest BCUT2D eigenvalue weighted by Crippen LogP contribution is 2.22. The monoisotopic (exact) mass is 327 g/mol. The lowest BCUT2D eigenvalue weighted by atomic mass is 10.1. The third kappa shape index (κ3) is 3.67. The van der Waals surface area contributed by atoms with Crippen LogP contribution in [0.4, 0.5) is 0 Å². The Labute approximate surface area is 125 Å². The molecule has 0 unspecified atom stereocenters. The zero-order valence-electron chi connectivity index (χ0n) is 10.8. The Morgan fingerprint density at radius 2 is 1.95 bits per heavy atom. The van der Waals surface area contributed by atoms with E-state index >= 15 is 0 Å². The molecule has 0 atom stereocenters. The predicted octanol–water partition coefficient (Wildman–Crippen LogP) is 1.42. The number of aliphatic hydroxyl groups excluding tert-OH is 1. The lowest BCUT2D eigenvalue weighted by Crippen LogP contribution is -2.24. The van der Waals surface area contributed by atoms with Crippen LogP contribution in [0.15, 0.2) is 40.6 Å². The van der Waals surface area contributed by atoms with Crippen molar-refractivity contribution in [3.8, 4) is 0 Å². The Morgan fingerprint density at radius 3 is 2.62 bits per heavy atom. The van der Waals surface area contributed by atoms with Crippen LogP contribution in [0.2, 0.25) is 0 Å². The van der Waals surface area contributed by atoms with Crippen molar-refractivity contribution >= 4 is 27.3 Å². The number of hydrogen-bond acceptors (Lipinski definition) is 5. The summed E-state index contributed by atoms with van der Waals surface area (Å²) in [4.78, 5) is 10.5. The van der Waals surface area contributed by atoms with Crippen LogP contribution in [0.1, 0.15) is 20.8 Å². The number of sulfonamides is 1. The van der Waals surface area contributed by atoms with Crippen LogP contribution in [-0.2, 0) is 23.2 Å². The van der Waals surface area contributed by atoms with E-state index < -0.39 is 16.0 Å². The Balaban J connectivity index is 2.18. The van der Waals surface area contributed by atoms with Gasteiger partial charge in [0.2, 0.25) is 10.0 Å². The zero-order chi connectivity index (χ0) is 15.5. The molecule has 0 radical (unpaired) electrons. The lowest BCUT2D eigenvalue weighted by molar-refractivity contribution is 0.0698. The summed E-state index contributed by atoms with van der Waals surface area (Å²) < 4.78 is 26.6. The first-order valence-corrected chi connectivity index (χ1v) is 8.29. The molecule has 0 aliphatic heterocycles. The lowest BCUT2D eigenvalue weighted by Gasteiger charge is -2.07. The Kier molecular flexibility index (Phi) is 4.73. The molecule has 1 aromatic carbocycles. The highest BCUT2D eigenvalue weighted by molar-refractivity contribution is 7.89. The van der Waals surface area contributed by atoms with E-state index in [0.29, 0.717) is 11.1 Å². The van der Waals surface area contributed by atoms with Crippen molar-refractivity contribution < 1.29 is 23.4 Å². The van der Waals surface area contributed by atoms with Crippen molar-refractivity contribution in [1.29, 1.82) is 0 Å². The number of thiophene rings is 1. The van der Waals surface area contributed by atoms with Gasteiger partial charge in [-0.25, -0.2) is 17.9 Å². The first-order chi connectivity index (χ1) is 9.94. The van der Waals surface area contributed by atoms with Crippen molar-refractivity contribution in [3.05, 3.63) is 51.7 Å². The summed E-state index contributed by atoms with van der Waals surface area (Å²) in [5.41, 5.74) is 1.35. The van der Waals surface area contributed by atoms with Gasteiger partial charge in [0.1, 0.15) is 9.77 Å². The molecule has 0 saturated carbocycles. The number of nitrogens with one attached hydrogen (secondary N) is 1. The van der Waals surface area contributed by atoms with Gasteiger partial charge in [-0.2, -0.15) is 0 Å². The van der Waals surface area contributed by atoms with Crippen molar-refractivity contribution in [2.75, 3.05) is 0 Å². The van der Waals surface area contributed by atoms with Crippen LogP contribution in [-0.4, -0.2) is 24.6 Å². The quantitative estimate of drug-likeness (QED) is 0.744.